The Hall–Kier alpha value is -1.49. The molecular formula is C21H35IN6OS. The lowest BCUT2D eigenvalue weighted by molar-refractivity contribution is 0.409. The van der Waals surface area contributed by atoms with Crippen LogP contribution in [0.2, 0.25) is 0 Å². The predicted molar refractivity (Wildman–Crippen MR) is 136 cm³/mol. The number of ether oxygens (including phenoxy) is 1. The van der Waals surface area contributed by atoms with Gasteiger partial charge in [-0.3, -0.25) is 4.99 Å². The molecule has 0 unspecified atom stereocenters. The lowest BCUT2D eigenvalue weighted by Crippen LogP contribution is -2.38. The number of thioether (sulfide) groups is 1. The van der Waals surface area contributed by atoms with Crippen molar-refractivity contribution in [1.29, 1.82) is 0 Å². The Morgan fingerprint density at radius 1 is 1.17 bits per heavy atom. The number of benzene rings is 1. The minimum Gasteiger partial charge on any atom is -0.496 e. The highest BCUT2D eigenvalue weighted by Gasteiger charge is 2.12. The van der Waals surface area contributed by atoms with E-state index < -0.39 is 0 Å². The second-order valence-electron chi connectivity index (χ2n) is 7.20. The van der Waals surface area contributed by atoms with Crippen LogP contribution in [0.4, 0.5) is 0 Å². The molecule has 0 aliphatic rings. The van der Waals surface area contributed by atoms with Gasteiger partial charge in [-0.25, -0.2) is 0 Å². The Labute approximate surface area is 201 Å². The molecule has 7 nitrogen and oxygen atoms in total. The largest absolute Gasteiger partial charge is 0.496 e. The average Bonchev–Trinajstić information content (AvgIpc) is 3.10. The molecule has 168 valence electrons. The van der Waals surface area contributed by atoms with Crippen LogP contribution in [0.25, 0.3) is 0 Å². The van der Waals surface area contributed by atoms with Gasteiger partial charge in [-0.1, -0.05) is 43.8 Å². The summed E-state index contributed by atoms with van der Waals surface area (Å²) in [6, 6.07) is 8.10. The highest BCUT2D eigenvalue weighted by Crippen LogP contribution is 2.17. The summed E-state index contributed by atoms with van der Waals surface area (Å²) >= 11 is 1.65. The highest BCUT2D eigenvalue weighted by molar-refractivity contribution is 14.0. The third-order valence-corrected chi connectivity index (χ3v) is 5.16. The molecule has 9 heteroatoms. The number of nitrogens with one attached hydrogen (secondary N) is 2. The van der Waals surface area contributed by atoms with Gasteiger partial charge in [-0.05, 0) is 36.6 Å². The van der Waals surface area contributed by atoms with Crippen molar-refractivity contribution in [2.45, 2.75) is 44.8 Å². The lowest BCUT2D eigenvalue weighted by atomic mass is 10.1. The topological polar surface area (TPSA) is 76.4 Å². The van der Waals surface area contributed by atoms with Crippen LogP contribution in [-0.4, -0.2) is 54.2 Å². The van der Waals surface area contributed by atoms with E-state index in [1.165, 1.54) is 5.56 Å². The minimum atomic E-state index is 0. The second-order valence-corrected chi connectivity index (χ2v) is 7.97. The number of methoxy groups -OCH3 is 1. The first kappa shape index (κ1) is 26.5. The molecule has 0 saturated heterocycles. The van der Waals surface area contributed by atoms with E-state index in [-0.39, 0.29) is 24.0 Å². The van der Waals surface area contributed by atoms with Gasteiger partial charge in [0.15, 0.2) is 11.1 Å². The Morgan fingerprint density at radius 2 is 1.90 bits per heavy atom. The molecule has 1 aromatic heterocycles. The average molecular weight is 547 g/mol. The van der Waals surface area contributed by atoms with Crippen molar-refractivity contribution in [2.75, 3.05) is 33.5 Å². The van der Waals surface area contributed by atoms with Gasteiger partial charge in [0.2, 0.25) is 0 Å². The molecule has 30 heavy (non-hydrogen) atoms. The van der Waals surface area contributed by atoms with E-state index in [0.29, 0.717) is 5.92 Å². The molecule has 2 aromatic rings. The number of aliphatic imine (C=N–C) groups is 1. The van der Waals surface area contributed by atoms with Crippen LogP contribution in [0.5, 0.6) is 5.75 Å². The number of hydrogen-bond donors (Lipinski definition) is 2. The number of aryl methyl sites for hydroxylation is 1. The van der Waals surface area contributed by atoms with Gasteiger partial charge in [0.25, 0.3) is 0 Å². The molecule has 0 fully saturated rings. The molecule has 0 atom stereocenters. The molecule has 1 heterocycles. The van der Waals surface area contributed by atoms with E-state index >= 15 is 0 Å². The minimum absolute atomic E-state index is 0. The Balaban J connectivity index is 0.00000450. The fourth-order valence-electron chi connectivity index (χ4n) is 3.10. The lowest BCUT2D eigenvalue weighted by Gasteiger charge is -2.14. The van der Waals surface area contributed by atoms with Gasteiger partial charge in [-0.15, -0.1) is 34.2 Å². The Kier molecular flexibility index (Phi) is 12.8. The SMILES string of the molecule is CN=C(NCCCc1nnc(SC)n1CC(C)C)NCCc1ccccc1OC.I. The summed E-state index contributed by atoms with van der Waals surface area (Å²) in [6.45, 7) is 7.02. The summed E-state index contributed by atoms with van der Waals surface area (Å²) in [5.74, 6) is 3.37. The van der Waals surface area contributed by atoms with E-state index in [9.17, 15) is 0 Å². The van der Waals surface area contributed by atoms with Crippen LogP contribution < -0.4 is 15.4 Å². The number of rotatable bonds is 11. The van der Waals surface area contributed by atoms with Gasteiger partial charge >= 0.3 is 0 Å². The third kappa shape index (κ3) is 8.33. The molecule has 0 radical (unpaired) electrons. The van der Waals surface area contributed by atoms with E-state index in [4.69, 9.17) is 4.74 Å². The molecule has 2 N–H and O–H groups in total. The van der Waals surface area contributed by atoms with Crippen molar-refractivity contribution < 1.29 is 4.74 Å². The van der Waals surface area contributed by atoms with Crippen molar-refractivity contribution >= 4 is 41.7 Å². The summed E-state index contributed by atoms with van der Waals surface area (Å²) in [5.41, 5.74) is 1.19. The number of guanidine groups is 1. The number of aromatic nitrogens is 3. The van der Waals surface area contributed by atoms with E-state index in [2.05, 4.69) is 50.3 Å². The molecular weight excluding hydrogens is 511 g/mol. The maximum absolute atomic E-state index is 5.41. The molecule has 0 saturated carbocycles. The van der Waals surface area contributed by atoms with Gasteiger partial charge in [0.05, 0.1) is 7.11 Å². The maximum atomic E-state index is 5.41. The monoisotopic (exact) mass is 546 g/mol. The standard InChI is InChI=1S/C21H34N6OS.HI/c1-16(2)15-27-19(25-26-21(27)29-5)11-8-13-23-20(22-3)24-14-12-17-9-6-7-10-18(17)28-4;/h6-7,9-10,16H,8,11-15H2,1-5H3,(H2,22,23,24);1H. The predicted octanol–water partition coefficient (Wildman–Crippen LogP) is 3.62. The van der Waals surface area contributed by atoms with Crippen LogP contribution in [0, 0.1) is 5.92 Å². The zero-order valence-corrected chi connectivity index (χ0v) is 21.8. The van der Waals surface area contributed by atoms with Gasteiger partial charge in [0.1, 0.15) is 11.6 Å². The van der Waals surface area contributed by atoms with Crippen molar-refractivity contribution in [3.63, 3.8) is 0 Å². The third-order valence-electron chi connectivity index (χ3n) is 4.50. The van der Waals surface area contributed by atoms with Gasteiger partial charge < -0.3 is 19.9 Å². The normalized spacial score (nSPS) is 11.3. The smallest absolute Gasteiger partial charge is 0.190 e. The quantitative estimate of drug-likeness (QED) is 0.148. The zero-order chi connectivity index (χ0) is 21.1. The zero-order valence-electron chi connectivity index (χ0n) is 18.6. The Morgan fingerprint density at radius 3 is 2.57 bits per heavy atom. The van der Waals surface area contributed by atoms with Crippen molar-refractivity contribution in [3.05, 3.63) is 35.7 Å². The second kappa shape index (κ2) is 14.5. The first-order valence-electron chi connectivity index (χ1n) is 10.1. The Bertz CT molecular complexity index is 781. The van der Waals surface area contributed by atoms with Crippen LogP contribution in [-0.2, 0) is 19.4 Å². The molecule has 2 rings (SSSR count). The molecule has 0 aliphatic carbocycles. The molecule has 0 bridgehead atoms. The van der Waals surface area contributed by atoms with E-state index in [1.54, 1.807) is 25.9 Å². The number of para-hydroxylation sites is 1. The highest BCUT2D eigenvalue weighted by atomic mass is 127. The summed E-state index contributed by atoms with van der Waals surface area (Å²) in [7, 11) is 3.50. The number of halogens is 1. The van der Waals surface area contributed by atoms with Crippen LogP contribution in [0.3, 0.4) is 0 Å². The summed E-state index contributed by atoms with van der Waals surface area (Å²) < 4.78 is 7.65. The van der Waals surface area contributed by atoms with Crippen LogP contribution in [0.15, 0.2) is 34.4 Å². The molecule has 1 aromatic carbocycles. The van der Waals surface area contributed by atoms with Gasteiger partial charge in [0, 0.05) is 33.1 Å². The fourth-order valence-corrected chi connectivity index (χ4v) is 3.63. The first-order chi connectivity index (χ1) is 14.1. The van der Waals surface area contributed by atoms with E-state index in [0.717, 1.165) is 61.6 Å². The van der Waals surface area contributed by atoms with Crippen LogP contribution >= 0.6 is 35.7 Å². The van der Waals surface area contributed by atoms with Crippen molar-refractivity contribution in [2.24, 2.45) is 10.9 Å². The first-order valence-corrected chi connectivity index (χ1v) is 11.3. The molecule has 0 aliphatic heterocycles. The molecule has 0 spiro atoms. The molecule has 0 amide bonds. The maximum Gasteiger partial charge on any atom is 0.190 e. The summed E-state index contributed by atoms with van der Waals surface area (Å²) in [5, 5.41) is 16.4. The summed E-state index contributed by atoms with van der Waals surface area (Å²) in [4.78, 5) is 4.31. The van der Waals surface area contributed by atoms with Crippen molar-refractivity contribution in [1.82, 2.24) is 25.4 Å². The number of nitrogens with zero attached hydrogens (tertiary/aromatic N) is 4. The summed E-state index contributed by atoms with van der Waals surface area (Å²) in [6.07, 6.45) is 4.79. The van der Waals surface area contributed by atoms with Crippen molar-refractivity contribution in [3.8, 4) is 5.75 Å². The number of hydrogen-bond acceptors (Lipinski definition) is 5. The van der Waals surface area contributed by atoms with E-state index in [1.807, 2.05) is 24.5 Å². The van der Waals surface area contributed by atoms with Crippen LogP contribution in [0.1, 0.15) is 31.7 Å². The fraction of sp³-hybridized carbons (Fsp3) is 0.571. The van der Waals surface area contributed by atoms with Gasteiger partial charge in [-0.2, -0.15) is 0 Å².